The summed E-state index contributed by atoms with van der Waals surface area (Å²) in [6.45, 7) is 3.89. The molecule has 0 atom stereocenters. The zero-order chi connectivity index (χ0) is 17.7. The summed E-state index contributed by atoms with van der Waals surface area (Å²) in [5, 5.41) is 8.89. The van der Waals surface area contributed by atoms with Gasteiger partial charge >= 0.3 is 0 Å². The molecule has 124 valence electrons. The van der Waals surface area contributed by atoms with Crippen LogP contribution in [0.25, 0.3) is 0 Å². The molecule has 2 aromatic rings. The summed E-state index contributed by atoms with van der Waals surface area (Å²) in [6.07, 6.45) is 0. The molecule has 0 unspecified atom stereocenters. The van der Waals surface area contributed by atoms with Gasteiger partial charge in [-0.25, -0.2) is 0 Å². The minimum Gasteiger partial charge on any atom is -0.376 e. The normalized spacial score (nSPS) is 9.92. The van der Waals surface area contributed by atoms with Gasteiger partial charge in [-0.1, -0.05) is 17.2 Å². The number of anilines is 2. The fraction of sp³-hybridized carbons (Fsp3) is 0.118. The Bertz CT molecular complexity index is 767. The lowest BCUT2D eigenvalue weighted by molar-refractivity contribution is 0.0977. The molecule has 0 saturated carbocycles. The quantitative estimate of drug-likeness (QED) is 0.632. The fourth-order valence-electron chi connectivity index (χ4n) is 2.22. The Hall–Kier alpha value is -2.51. The van der Waals surface area contributed by atoms with E-state index in [1.807, 2.05) is 32.0 Å². The predicted molar refractivity (Wildman–Crippen MR) is 106 cm³/mol. The Labute approximate surface area is 151 Å². The van der Waals surface area contributed by atoms with Crippen LogP contribution in [0.1, 0.15) is 21.5 Å². The first-order valence-corrected chi connectivity index (χ1v) is 8.02. The molecule has 0 radical (unpaired) electrons. The molecule has 0 aliphatic rings. The number of aryl methyl sites for hydroxylation is 2. The van der Waals surface area contributed by atoms with Crippen molar-refractivity contribution in [2.75, 3.05) is 10.6 Å². The van der Waals surface area contributed by atoms with Gasteiger partial charge in [0.05, 0.1) is 0 Å². The summed E-state index contributed by atoms with van der Waals surface area (Å²) in [7, 11) is 0. The van der Waals surface area contributed by atoms with Crippen LogP contribution in [0.15, 0.2) is 42.5 Å². The van der Waals surface area contributed by atoms with Gasteiger partial charge in [0, 0.05) is 16.9 Å². The molecular weight excluding hydrogens is 340 g/mol. The first kappa shape index (κ1) is 17.8. The van der Waals surface area contributed by atoms with Crippen LogP contribution in [-0.2, 0) is 0 Å². The van der Waals surface area contributed by atoms with E-state index in [9.17, 15) is 4.79 Å². The minimum atomic E-state index is -0.244. The predicted octanol–water partition coefficient (Wildman–Crippen LogP) is 3.09. The molecule has 24 heavy (non-hydrogen) atoms. The van der Waals surface area contributed by atoms with Crippen molar-refractivity contribution in [2.24, 2.45) is 5.73 Å². The maximum Gasteiger partial charge on any atom is 0.257 e. The van der Waals surface area contributed by atoms with Crippen molar-refractivity contribution in [1.29, 1.82) is 0 Å². The summed E-state index contributed by atoms with van der Waals surface area (Å²) in [5.41, 5.74) is 9.56. The van der Waals surface area contributed by atoms with Crippen LogP contribution in [-0.4, -0.2) is 16.1 Å². The number of hydrogen-bond donors (Lipinski definition) is 4. The van der Waals surface area contributed by atoms with Crippen LogP contribution in [0.3, 0.4) is 0 Å². The number of benzene rings is 2. The monoisotopic (exact) mass is 358 g/mol. The highest BCUT2D eigenvalue weighted by atomic mass is 32.1. The maximum absolute atomic E-state index is 12.2. The molecule has 7 heteroatoms. The smallest absolute Gasteiger partial charge is 0.257 e. The molecule has 5 nitrogen and oxygen atoms in total. The molecular formula is C17H18N4OS2. The molecule has 0 saturated heterocycles. The van der Waals surface area contributed by atoms with Gasteiger partial charge in [-0.2, -0.15) is 0 Å². The highest BCUT2D eigenvalue weighted by Gasteiger charge is 2.09. The molecule has 0 aliphatic heterocycles. The third-order valence-corrected chi connectivity index (χ3v) is 3.43. The van der Waals surface area contributed by atoms with E-state index in [1.54, 1.807) is 24.3 Å². The Balaban J connectivity index is 1.97. The molecule has 0 spiro atoms. The number of carbonyl (C=O) groups excluding carboxylic acids is 1. The molecule has 0 aromatic heterocycles. The Morgan fingerprint density at radius 1 is 0.917 bits per heavy atom. The molecule has 1 amide bonds. The van der Waals surface area contributed by atoms with E-state index < -0.39 is 0 Å². The van der Waals surface area contributed by atoms with Crippen LogP contribution in [0.2, 0.25) is 0 Å². The van der Waals surface area contributed by atoms with Crippen molar-refractivity contribution in [2.45, 2.75) is 13.8 Å². The first-order chi connectivity index (χ1) is 11.3. The average molecular weight is 358 g/mol. The molecule has 0 fully saturated rings. The van der Waals surface area contributed by atoms with Crippen molar-refractivity contribution in [3.63, 3.8) is 0 Å². The second-order valence-corrected chi connectivity index (χ2v) is 6.20. The van der Waals surface area contributed by atoms with Gasteiger partial charge in [-0.3, -0.25) is 10.1 Å². The highest BCUT2D eigenvalue weighted by molar-refractivity contribution is 7.80. The third kappa shape index (κ3) is 5.29. The summed E-state index contributed by atoms with van der Waals surface area (Å²) in [5.74, 6) is -0.244. The van der Waals surface area contributed by atoms with E-state index in [1.165, 1.54) is 0 Å². The highest BCUT2D eigenvalue weighted by Crippen LogP contribution is 2.13. The van der Waals surface area contributed by atoms with Gasteiger partial charge in [-0.15, -0.1) is 0 Å². The van der Waals surface area contributed by atoms with Gasteiger partial charge in [-0.05, 0) is 74.7 Å². The zero-order valence-corrected chi connectivity index (χ0v) is 15.0. The second-order valence-electron chi connectivity index (χ2n) is 5.35. The second kappa shape index (κ2) is 7.85. The summed E-state index contributed by atoms with van der Waals surface area (Å²) >= 11 is 9.96. The Morgan fingerprint density at radius 2 is 1.42 bits per heavy atom. The molecule has 5 N–H and O–H groups in total. The average Bonchev–Trinajstić information content (AvgIpc) is 2.47. The molecule has 0 aliphatic carbocycles. The summed E-state index contributed by atoms with van der Waals surface area (Å²) in [6, 6.07) is 12.9. The van der Waals surface area contributed by atoms with Crippen LogP contribution in [0.5, 0.6) is 0 Å². The van der Waals surface area contributed by atoms with Gasteiger partial charge in [0.15, 0.2) is 10.2 Å². The summed E-state index contributed by atoms with van der Waals surface area (Å²) < 4.78 is 0. The maximum atomic E-state index is 12.2. The van der Waals surface area contributed by atoms with E-state index in [0.29, 0.717) is 5.56 Å². The molecule has 2 aromatic carbocycles. The minimum absolute atomic E-state index is 0.201. The molecule has 0 heterocycles. The van der Waals surface area contributed by atoms with E-state index >= 15 is 0 Å². The Morgan fingerprint density at radius 3 is 1.92 bits per heavy atom. The van der Waals surface area contributed by atoms with E-state index in [4.69, 9.17) is 30.2 Å². The summed E-state index contributed by atoms with van der Waals surface area (Å²) in [4.78, 5) is 12.2. The van der Waals surface area contributed by atoms with E-state index in [0.717, 1.165) is 22.5 Å². The van der Waals surface area contributed by atoms with Crippen molar-refractivity contribution in [3.8, 4) is 0 Å². The van der Waals surface area contributed by atoms with Crippen LogP contribution in [0.4, 0.5) is 11.4 Å². The fourth-order valence-corrected chi connectivity index (χ4v) is 2.55. The lowest BCUT2D eigenvalue weighted by atomic mass is 10.1. The van der Waals surface area contributed by atoms with Crippen LogP contribution >= 0.6 is 24.4 Å². The van der Waals surface area contributed by atoms with Gasteiger partial charge in [0.25, 0.3) is 5.91 Å². The third-order valence-electron chi connectivity index (χ3n) is 3.12. The number of nitrogens with two attached hydrogens (primary N) is 1. The standard InChI is InChI=1S/C17H18N4OS2/c1-10-7-11(2)9-12(8-10)15(22)21-17(24)20-14-5-3-13(4-6-14)19-16(18)23/h3-9H,1-2H3,(H3,18,19,23)(H2,20,21,22,24). The number of carbonyl (C=O) groups is 1. The van der Waals surface area contributed by atoms with Crippen molar-refractivity contribution >= 4 is 51.9 Å². The number of nitrogens with one attached hydrogen (secondary N) is 3. The topological polar surface area (TPSA) is 79.2 Å². The lowest BCUT2D eigenvalue weighted by Gasteiger charge is -2.11. The SMILES string of the molecule is Cc1cc(C)cc(C(=O)NC(=S)Nc2ccc(NC(N)=S)cc2)c1. The van der Waals surface area contributed by atoms with Gasteiger partial charge < -0.3 is 16.4 Å². The van der Waals surface area contributed by atoms with E-state index in [2.05, 4.69) is 16.0 Å². The lowest BCUT2D eigenvalue weighted by Crippen LogP contribution is -2.34. The number of rotatable bonds is 3. The number of thiocarbonyl (C=S) groups is 2. The molecule has 2 rings (SSSR count). The largest absolute Gasteiger partial charge is 0.376 e. The van der Waals surface area contributed by atoms with Crippen molar-refractivity contribution in [3.05, 3.63) is 59.2 Å². The first-order valence-electron chi connectivity index (χ1n) is 7.20. The van der Waals surface area contributed by atoms with E-state index in [-0.39, 0.29) is 16.1 Å². The Kier molecular flexibility index (Phi) is 5.83. The van der Waals surface area contributed by atoms with Gasteiger partial charge in [0.1, 0.15) is 0 Å². The molecule has 0 bridgehead atoms. The van der Waals surface area contributed by atoms with Gasteiger partial charge in [0.2, 0.25) is 0 Å². The van der Waals surface area contributed by atoms with Crippen LogP contribution < -0.4 is 21.7 Å². The number of hydrogen-bond acceptors (Lipinski definition) is 3. The number of amides is 1. The van der Waals surface area contributed by atoms with Crippen molar-refractivity contribution in [1.82, 2.24) is 5.32 Å². The van der Waals surface area contributed by atoms with Crippen molar-refractivity contribution < 1.29 is 4.79 Å². The van der Waals surface area contributed by atoms with Crippen LogP contribution in [0, 0.1) is 13.8 Å². The zero-order valence-electron chi connectivity index (χ0n) is 13.3.